The van der Waals surface area contributed by atoms with Crippen LogP contribution in [0.4, 0.5) is 26.3 Å². The minimum absolute atomic E-state index is 0.0182. The van der Waals surface area contributed by atoms with Crippen LogP contribution in [0.25, 0.3) is 22.1 Å². The molecule has 0 aliphatic carbocycles. The van der Waals surface area contributed by atoms with Gasteiger partial charge in [0.2, 0.25) is 14.6 Å². The number of carbonyl (C=O) groups excluding carboxylic acids is 2. The van der Waals surface area contributed by atoms with Gasteiger partial charge in [0.15, 0.2) is 5.69 Å². The molecule has 0 atom stereocenters. The van der Waals surface area contributed by atoms with E-state index in [0.717, 1.165) is 23.0 Å². The van der Waals surface area contributed by atoms with Crippen LogP contribution >= 0.6 is 0 Å². The maximum absolute atomic E-state index is 14.4. The van der Waals surface area contributed by atoms with Crippen LogP contribution in [0, 0.1) is 0 Å². The summed E-state index contributed by atoms with van der Waals surface area (Å²) in [5.41, 5.74) is -3.76. The summed E-state index contributed by atoms with van der Waals surface area (Å²) in [7, 11) is -0.597. The van der Waals surface area contributed by atoms with E-state index in [2.05, 4.69) is 10.2 Å². The molecule has 0 saturated carbocycles. The molecule has 198 valence electrons. The average Bonchev–Trinajstić information content (AvgIpc) is 3.64. The molecule has 1 aliphatic rings. The van der Waals surface area contributed by atoms with Crippen LogP contribution in [0.2, 0.25) is 0 Å². The molecule has 0 fully saturated rings. The summed E-state index contributed by atoms with van der Waals surface area (Å²) in [6, 6.07) is 12.2. The van der Waals surface area contributed by atoms with Crippen molar-refractivity contribution < 1.29 is 35.9 Å². The predicted octanol–water partition coefficient (Wildman–Crippen LogP) is 3.37. The predicted molar refractivity (Wildman–Crippen MR) is 137 cm³/mol. The van der Waals surface area contributed by atoms with Crippen LogP contribution in [0.5, 0.6) is 0 Å². The largest absolute Gasteiger partial charge is 0.434 e. The van der Waals surface area contributed by atoms with Crippen LogP contribution < -0.4 is 10.9 Å². The Morgan fingerprint density at radius 2 is 1.68 bits per heavy atom. The van der Waals surface area contributed by atoms with Gasteiger partial charge in [-0.05, 0) is 23.6 Å². The highest BCUT2D eigenvalue weighted by molar-refractivity contribution is 6.92. The van der Waals surface area contributed by atoms with Gasteiger partial charge in [0, 0.05) is 23.3 Å². The molecular formula is C26H14B2F6N4O2. The lowest BCUT2D eigenvalue weighted by atomic mass is 9.63. The van der Waals surface area contributed by atoms with Gasteiger partial charge < -0.3 is 9.59 Å². The van der Waals surface area contributed by atoms with Crippen molar-refractivity contribution in [2.75, 3.05) is 0 Å². The molecule has 0 amide bonds. The second-order valence-electron chi connectivity index (χ2n) is 9.29. The minimum atomic E-state index is -5.03. The fraction of sp³-hybridized carbons (Fsp3) is 0.0769. The Labute approximate surface area is 222 Å². The highest BCUT2D eigenvalue weighted by atomic mass is 19.4. The minimum Gasteiger partial charge on any atom is -0.306 e. The Morgan fingerprint density at radius 1 is 0.900 bits per heavy atom. The number of rotatable bonds is 5. The standard InChI is InChI=1S/C26H14B2F6N4O2/c29-25(30,31)17-11-13(5-7-20(17)37-10-2-9-35-37)27-24(40)16-12-36-38(22(16)26(32,33)34)19-8-6-18-21-14(19)3-1-4-15(21)23(39)28-18/h1-12,27-28H. The number of hydrogen-bond acceptors (Lipinski definition) is 4. The van der Waals surface area contributed by atoms with E-state index in [4.69, 9.17) is 0 Å². The van der Waals surface area contributed by atoms with Crippen molar-refractivity contribution in [3.05, 3.63) is 95.6 Å². The Hall–Kier alpha value is -4.61. The van der Waals surface area contributed by atoms with Crippen molar-refractivity contribution in [2.24, 2.45) is 0 Å². The van der Waals surface area contributed by atoms with Crippen LogP contribution in [0.15, 0.2) is 73.2 Å². The molecule has 0 unspecified atom stereocenters. The SMILES string of the molecule is O=C(Bc1ccc(-n2cccn2)c(C(F)(F)F)c1)c1cnn(-c2ccc3c4c(cccc24)C(=O)B3)c1C(F)(F)F. The number of carbonyl (C=O) groups is 2. The number of alkyl halides is 6. The van der Waals surface area contributed by atoms with Crippen LogP contribution in [-0.2, 0) is 12.4 Å². The summed E-state index contributed by atoms with van der Waals surface area (Å²) in [5, 5.41) is 8.56. The fourth-order valence-electron chi connectivity index (χ4n) is 5.12. The Morgan fingerprint density at radius 3 is 2.38 bits per heavy atom. The van der Waals surface area contributed by atoms with E-state index in [1.54, 1.807) is 24.3 Å². The third-order valence-electron chi connectivity index (χ3n) is 6.80. The molecule has 0 saturated heterocycles. The normalized spacial score (nSPS) is 13.1. The van der Waals surface area contributed by atoms with Gasteiger partial charge >= 0.3 is 12.4 Å². The van der Waals surface area contributed by atoms with Crippen LogP contribution in [-0.4, -0.2) is 45.5 Å². The lowest BCUT2D eigenvalue weighted by Gasteiger charge is -2.16. The molecule has 0 bridgehead atoms. The zero-order valence-corrected chi connectivity index (χ0v) is 20.2. The molecule has 40 heavy (non-hydrogen) atoms. The first-order valence-electron chi connectivity index (χ1n) is 11.9. The quantitative estimate of drug-likeness (QED) is 0.249. The van der Waals surface area contributed by atoms with E-state index in [-0.39, 0.29) is 29.8 Å². The zero-order chi connectivity index (χ0) is 28.4. The molecule has 14 heteroatoms. The van der Waals surface area contributed by atoms with Gasteiger partial charge in [-0.3, -0.25) is 0 Å². The molecule has 6 rings (SSSR count). The molecule has 1 aliphatic heterocycles. The second kappa shape index (κ2) is 8.97. The van der Waals surface area contributed by atoms with Gasteiger partial charge in [0.1, 0.15) is 11.4 Å². The van der Waals surface area contributed by atoms with E-state index < -0.39 is 42.1 Å². The number of hydrogen-bond donors (Lipinski definition) is 0. The second-order valence-corrected chi connectivity index (χ2v) is 9.29. The van der Waals surface area contributed by atoms with E-state index >= 15 is 0 Å². The van der Waals surface area contributed by atoms with E-state index in [9.17, 15) is 35.9 Å². The summed E-state index contributed by atoms with van der Waals surface area (Å²) >= 11 is 0. The van der Waals surface area contributed by atoms with Crippen molar-refractivity contribution in [2.45, 2.75) is 12.4 Å². The average molecular weight is 550 g/mol. The lowest BCUT2D eigenvalue weighted by Crippen LogP contribution is -2.28. The van der Waals surface area contributed by atoms with E-state index in [1.165, 1.54) is 30.6 Å². The van der Waals surface area contributed by atoms with Gasteiger partial charge in [-0.2, -0.15) is 36.5 Å². The van der Waals surface area contributed by atoms with Crippen molar-refractivity contribution in [3.63, 3.8) is 0 Å². The Balaban J connectivity index is 1.42. The fourth-order valence-corrected chi connectivity index (χ4v) is 5.12. The topological polar surface area (TPSA) is 69.8 Å². The van der Waals surface area contributed by atoms with Gasteiger partial charge in [-0.1, -0.05) is 47.3 Å². The maximum atomic E-state index is 14.4. The Kier molecular flexibility index (Phi) is 5.75. The third kappa shape index (κ3) is 4.19. The molecule has 6 nitrogen and oxygen atoms in total. The van der Waals surface area contributed by atoms with E-state index in [0.29, 0.717) is 26.5 Å². The molecule has 0 spiro atoms. The first kappa shape index (κ1) is 25.7. The van der Waals surface area contributed by atoms with Gasteiger partial charge in [0.25, 0.3) is 0 Å². The molecule has 3 heterocycles. The van der Waals surface area contributed by atoms with Gasteiger partial charge in [-0.15, -0.1) is 0 Å². The smallest absolute Gasteiger partial charge is 0.306 e. The Bertz CT molecular complexity index is 1830. The molecule has 3 aromatic carbocycles. The van der Waals surface area contributed by atoms with Crippen molar-refractivity contribution in [1.29, 1.82) is 0 Å². The van der Waals surface area contributed by atoms with Crippen LogP contribution in [0.1, 0.15) is 32.0 Å². The monoisotopic (exact) mass is 550 g/mol. The first-order valence-corrected chi connectivity index (χ1v) is 11.9. The van der Waals surface area contributed by atoms with Gasteiger partial charge in [-0.25, -0.2) is 9.36 Å². The van der Waals surface area contributed by atoms with Crippen LogP contribution in [0.3, 0.4) is 0 Å². The van der Waals surface area contributed by atoms with Gasteiger partial charge in [0.05, 0.1) is 28.7 Å². The summed E-state index contributed by atoms with van der Waals surface area (Å²) < 4.78 is 86.1. The maximum Gasteiger partial charge on any atom is 0.434 e. The number of nitrogens with zero attached hydrogens (tertiary/aromatic N) is 4. The molecule has 0 N–H and O–H groups in total. The highest BCUT2D eigenvalue weighted by Gasteiger charge is 2.41. The van der Waals surface area contributed by atoms with Crippen molar-refractivity contribution >= 4 is 47.6 Å². The lowest BCUT2D eigenvalue weighted by molar-refractivity contribution is -0.143. The molecule has 2 aromatic heterocycles. The summed E-state index contributed by atoms with van der Waals surface area (Å²) in [6.45, 7) is 0. The first-order chi connectivity index (χ1) is 18.9. The molecule has 5 aromatic rings. The number of halogens is 6. The summed E-state index contributed by atoms with van der Waals surface area (Å²) in [6.07, 6.45) is -6.45. The third-order valence-corrected chi connectivity index (χ3v) is 6.80. The highest BCUT2D eigenvalue weighted by Crippen LogP contribution is 2.36. The summed E-state index contributed by atoms with van der Waals surface area (Å²) in [4.78, 5) is 25.5. The number of benzene rings is 3. The molecular weight excluding hydrogens is 536 g/mol. The number of aromatic nitrogens is 4. The molecule has 0 radical (unpaired) electrons. The van der Waals surface area contributed by atoms with Crippen molar-refractivity contribution in [1.82, 2.24) is 19.6 Å². The zero-order valence-electron chi connectivity index (χ0n) is 20.2. The summed E-state index contributed by atoms with van der Waals surface area (Å²) in [5.74, 6) is 0. The van der Waals surface area contributed by atoms with Crippen molar-refractivity contribution in [3.8, 4) is 11.4 Å². The van der Waals surface area contributed by atoms with E-state index in [1.807, 2.05) is 0 Å².